The van der Waals surface area contributed by atoms with Crippen molar-refractivity contribution < 1.29 is 0 Å². The zero-order valence-corrected chi connectivity index (χ0v) is 12.6. The van der Waals surface area contributed by atoms with E-state index in [2.05, 4.69) is 31.2 Å². The van der Waals surface area contributed by atoms with Crippen LogP contribution >= 0.6 is 11.6 Å². The quantitative estimate of drug-likeness (QED) is 0.890. The van der Waals surface area contributed by atoms with E-state index in [0.717, 1.165) is 11.4 Å². The highest BCUT2D eigenvalue weighted by atomic mass is 35.5. The Bertz CT molecular complexity index is 633. The van der Waals surface area contributed by atoms with Gasteiger partial charge in [0.1, 0.15) is 0 Å². The van der Waals surface area contributed by atoms with Crippen LogP contribution in [0.2, 0.25) is 5.02 Å². The van der Waals surface area contributed by atoms with E-state index in [9.17, 15) is 0 Å². The molecule has 2 N–H and O–H groups in total. The van der Waals surface area contributed by atoms with Gasteiger partial charge in [-0.2, -0.15) is 0 Å². The summed E-state index contributed by atoms with van der Waals surface area (Å²) in [6.45, 7) is 2.07. The maximum Gasteiger partial charge on any atom is 0.0408 e. The average molecular weight is 286 g/mol. The number of aryl methyl sites for hydroxylation is 3. The first-order valence-corrected chi connectivity index (χ1v) is 7.63. The predicted molar refractivity (Wildman–Crippen MR) is 85.3 cm³/mol. The number of nitrogens with two attached hydrogens (primary N) is 1. The third-order valence-electron chi connectivity index (χ3n) is 4.25. The zero-order valence-electron chi connectivity index (χ0n) is 11.8. The van der Waals surface area contributed by atoms with Crippen molar-refractivity contribution in [3.63, 3.8) is 0 Å². The van der Waals surface area contributed by atoms with Crippen molar-refractivity contribution in [3.05, 3.63) is 69.2 Å². The molecule has 0 aliphatic heterocycles. The van der Waals surface area contributed by atoms with Crippen LogP contribution in [0.3, 0.4) is 0 Å². The minimum Gasteiger partial charge on any atom is -0.324 e. The molecular formula is C18H20ClN. The summed E-state index contributed by atoms with van der Waals surface area (Å²) in [7, 11) is 0. The number of rotatable bonds is 3. The summed E-state index contributed by atoms with van der Waals surface area (Å²) in [4.78, 5) is 0. The highest BCUT2D eigenvalue weighted by molar-refractivity contribution is 6.30. The fourth-order valence-electron chi connectivity index (χ4n) is 3.17. The lowest BCUT2D eigenvalue weighted by molar-refractivity contribution is 0.716. The van der Waals surface area contributed by atoms with Crippen LogP contribution in [0.1, 0.15) is 40.3 Å². The normalized spacial score (nSPS) is 15.2. The van der Waals surface area contributed by atoms with Crippen LogP contribution in [-0.2, 0) is 19.3 Å². The smallest absolute Gasteiger partial charge is 0.0408 e. The van der Waals surface area contributed by atoms with Crippen LogP contribution in [0, 0.1) is 6.92 Å². The van der Waals surface area contributed by atoms with Gasteiger partial charge >= 0.3 is 0 Å². The molecule has 2 aromatic rings. The molecule has 0 saturated heterocycles. The first kappa shape index (κ1) is 13.7. The van der Waals surface area contributed by atoms with E-state index in [1.807, 2.05) is 12.1 Å². The Morgan fingerprint density at radius 2 is 1.90 bits per heavy atom. The molecule has 0 heterocycles. The summed E-state index contributed by atoms with van der Waals surface area (Å²) in [5.74, 6) is 0. The van der Waals surface area contributed by atoms with Gasteiger partial charge in [0.25, 0.3) is 0 Å². The molecule has 0 aromatic heterocycles. The second-order valence-electron chi connectivity index (χ2n) is 5.77. The zero-order chi connectivity index (χ0) is 14.1. The molecule has 0 saturated carbocycles. The number of benzene rings is 2. The maximum atomic E-state index is 6.38. The highest BCUT2D eigenvalue weighted by Gasteiger charge is 2.14. The fraction of sp³-hybridized carbons (Fsp3) is 0.333. The Kier molecular flexibility index (Phi) is 3.82. The van der Waals surface area contributed by atoms with Gasteiger partial charge < -0.3 is 5.73 Å². The predicted octanol–water partition coefficient (Wildman–Crippen LogP) is 4.38. The first-order valence-electron chi connectivity index (χ1n) is 7.26. The molecule has 104 valence electrons. The molecule has 3 rings (SSSR count). The Morgan fingerprint density at radius 3 is 2.70 bits per heavy atom. The Hall–Kier alpha value is -1.31. The van der Waals surface area contributed by atoms with Crippen molar-refractivity contribution in [2.45, 2.75) is 38.6 Å². The summed E-state index contributed by atoms with van der Waals surface area (Å²) in [5, 5.41) is 0.774. The Balaban J connectivity index is 1.80. The van der Waals surface area contributed by atoms with E-state index < -0.39 is 0 Å². The average Bonchev–Trinajstić information content (AvgIpc) is 2.85. The van der Waals surface area contributed by atoms with Gasteiger partial charge in [-0.15, -0.1) is 0 Å². The lowest BCUT2D eigenvalue weighted by atomic mass is 9.94. The lowest BCUT2D eigenvalue weighted by Crippen LogP contribution is -2.14. The van der Waals surface area contributed by atoms with E-state index in [0.29, 0.717) is 0 Å². The minimum absolute atomic E-state index is 0.0340. The van der Waals surface area contributed by atoms with Crippen LogP contribution in [0.5, 0.6) is 0 Å². The molecule has 0 amide bonds. The second-order valence-corrected chi connectivity index (χ2v) is 6.20. The highest BCUT2D eigenvalue weighted by Crippen LogP contribution is 2.26. The summed E-state index contributed by atoms with van der Waals surface area (Å²) < 4.78 is 0. The van der Waals surface area contributed by atoms with Crippen LogP contribution in [0.25, 0.3) is 0 Å². The minimum atomic E-state index is 0.0340. The van der Waals surface area contributed by atoms with Gasteiger partial charge in [0.15, 0.2) is 0 Å². The topological polar surface area (TPSA) is 26.0 Å². The summed E-state index contributed by atoms with van der Waals surface area (Å²) in [5.41, 5.74) is 13.1. The Morgan fingerprint density at radius 1 is 1.10 bits per heavy atom. The molecule has 1 nitrogen and oxygen atoms in total. The van der Waals surface area contributed by atoms with Gasteiger partial charge in [0.05, 0.1) is 0 Å². The molecule has 0 bridgehead atoms. The van der Waals surface area contributed by atoms with Gasteiger partial charge in [-0.3, -0.25) is 0 Å². The number of hydrogen-bond acceptors (Lipinski definition) is 1. The SMILES string of the molecule is Cc1cc(Cl)ccc1C(N)Cc1ccc2c(c1)CCC2. The van der Waals surface area contributed by atoms with Gasteiger partial charge in [-0.05, 0) is 72.6 Å². The second kappa shape index (κ2) is 5.59. The molecule has 1 atom stereocenters. The summed E-state index contributed by atoms with van der Waals surface area (Å²) in [6, 6.07) is 12.8. The molecular weight excluding hydrogens is 266 g/mol. The third kappa shape index (κ3) is 2.74. The molecule has 0 fully saturated rings. The fourth-order valence-corrected chi connectivity index (χ4v) is 3.40. The molecule has 20 heavy (non-hydrogen) atoms. The van der Waals surface area contributed by atoms with Crippen molar-refractivity contribution in [1.82, 2.24) is 0 Å². The number of fused-ring (bicyclic) bond motifs is 1. The molecule has 1 aliphatic carbocycles. The first-order chi connectivity index (χ1) is 9.63. The summed E-state index contributed by atoms with van der Waals surface area (Å²) in [6.07, 6.45) is 4.63. The van der Waals surface area contributed by atoms with Crippen LogP contribution in [0.4, 0.5) is 0 Å². The third-order valence-corrected chi connectivity index (χ3v) is 4.48. The van der Waals surface area contributed by atoms with Gasteiger partial charge in [0.2, 0.25) is 0 Å². The summed E-state index contributed by atoms with van der Waals surface area (Å²) >= 11 is 6.00. The van der Waals surface area contributed by atoms with Crippen LogP contribution in [0.15, 0.2) is 36.4 Å². The molecule has 1 unspecified atom stereocenters. The van der Waals surface area contributed by atoms with Crippen LogP contribution < -0.4 is 5.73 Å². The molecule has 2 heteroatoms. The van der Waals surface area contributed by atoms with E-state index in [1.165, 1.54) is 47.1 Å². The standard InChI is InChI=1S/C18H20ClN/c1-12-9-16(19)7-8-17(12)18(20)11-13-5-6-14-3-2-4-15(14)10-13/h5-10,18H,2-4,11,20H2,1H3. The molecule has 1 aliphatic rings. The van der Waals surface area contributed by atoms with Crippen molar-refractivity contribution in [3.8, 4) is 0 Å². The molecule has 0 spiro atoms. The van der Waals surface area contributed by atoms with E-state index in [1.54, 1.807) is 0 Å². The van der Waals surface area contributed by atoms with Crippen LogP contribution in [-0.4, -0.2) is 0 Å². The van der Waals surface area contributed by atoms with Crippen molar-refractivity contribution in [1.29, 1.82) is 0 Å². The number of halogens is 1. The largest absolute Gasteiger partial charge is 0.324 e. The maximum absolute atomic E-state index is 6.38. The van der Waals surface area contributed by atoms with Crippen molar-refractivity contribution >= 4 is 11.6 Å². The molecule has 0 radical (unpaired) electrons. The van der Waals surface area contributed by atoms with Crippen molar-refractivity contribution in [2.24, 2.45) is 5.73 Å². The lowest BCUT2D eigenvalue weighted by Gasteiger charge is -2.16. The van der Waals surface area contributed by atoms with E-state index >= 15 is 0 Å². The van der Waals surface area contributed by atoms with Gasteiger partial charge in [-0.1, -0.05) is 35.9 Å². The monoisotopic (exact) mass is 285 g/mol. The van der Waals surface area contributed by atoms with E-state index in [-0.39, 0.29) is 6.04 Å². The van der Waals surface area contributed by atoms with Crippen molar-refractivity contribution in [2.75, 3.05) is 0 Å². The molecule has 2 aromatic carbocycles. The number of hydrogen-bond donors (Lipinski definition) is 1. The van der Waals surface area contributed by atoms with Gasteiger partial charge in [-0.25, -0.2) is 0 Å². The van der Waals surface area contributed by atoms with Gasteiger partial charge in [0, 0.05) is 11.1 Å². The Labute approximate surface area is 125 Å². The van der Waals surface area contributed by atoms with E-state index in [4.69, 9.17) is 17.3 Å².